The normalized spacial score (nSPS) is 11.5. The van der Waals surface area contributed by atoms with E-state index in [4.69, 9.17) is 0 Å². The van der Waals surface area contributed by atoms with Crippen LogP contribution in [0.25, 0.3) is 10.8 Å². The van der Waals surface area contributed by atoms with Gasteiger partial charge in [0.1, 0.15) is 5.75 Å². The standard InChI is InChI=1S/C11H12O2/c1-2-3-4-7-5-6-8(12)10-9(7)11(10)13/h5-6,12H,2-4H2,1H3. The van der Waals surface area contributed by atoms with Crippen LogP contribution in [0.15, 0.2) is 16.9 Å². The van der Waals surface area contributed by atoms with Crippen molar-refractivity contribution < 1.29 is 5.11 Å². The minimum atomic E-state index is 0.0357. The summed E-state index contributed by atoms with van der Waals surface area (Å²) in [4.78, 5) is 11.2. The highest BCUT2D eigenvalue weighted by atomic mass is 16.3. The van der Waals surface area contributed by atoms with Gasteiger partial charge in [-0.05, 0) is 24.5 Å². The van der Waals surface area contributed by atoms with Crippen molar-refractivity contribution in [1.82, 2.24) is 0 Å². The fourth-order valence-corrected chi connectivity index (χ4v) is 1.64. The third kappa shape index (κ3) is 1.22. The van der Waals surface area contributed by atoms with E-state index in [-0.39, 0.29) is 11.2 Å². The number of aryl methyl sites for hydroxylation is 1. The second kappa shape index (κ2) is 2.87. The molecule has 2 heteroatoms. The Morgan fingerprint density at radius 1 is 1.31 bits per heavy atom. The Balaban J connectivity index is 2.36. The van der Waals surface area contributed by atoms with Gasteiger partial charge in [-0.15, -0.1) is 0 Å². The van der Waals surface area contributed by atoms with E-state index in [0.29, 0.717) is 5.39 Å². The summed E-state index contributed by atoms with van der Waals surface area (Å²) in [6, 6.07) is 3.48. The number of hydrogen-bond acceptors (Lipinski definition) is 2. The molecule has 0 aliphatic carbocycles. The van der Waals surface area contributed by atoms with Crippen molar-refractivity contribution in [2.75, 3.05) is 0 Å². The summed E-state index contributed by atoms with van der Waals surface area (Å²) in [5.41, 5.74) is 1.13. The topological polar surface area (TPSA) is 37.3 Å². The maximum absolute atomic E-state index is 11.2. The van der Waals surface area contributed by atoms with Crippen molar-refractivity contribution in [3.8, 4) is 5.75 Å². The molecule has 0 atom stereocenters. The molecule has 2 aromatic carbocycles. The highest BCUT2D eigenvalue weighted by Gasteiger charge is 2.19. The summed E-state index contributed by atoms with van der Waals surface area (Å²) < 4.78 is 0. The average Bonchev–Trinajstić information content (AvgIpc) is 2.79. The number of unbranched alkanes of at least 4 members (excludes halogenated alkanes) is 1. The molecular weight excluding hydrogens is 164 g/mol. The summed E-state index contributed by atoms with van der Waals surface area (Å²) in [5.74, 6) is 0.139. The summed E-state index contributed by atoms with van der Waals surface area (Å²) in [7, 11) is 0. The number of fused-ring (bicyclic) bond motifs is 1. The van der Waals surface area contributed by atoms with Crippen LogP contribution in [0.4, 0.5) is 0 Å². The quantitative estimate of drug-likeness (QED) is 0.777. The minimum absolute atomic E-state index is 0.0357. The van der Waals surface area contributed by atoms with Crippen LogP contribution in [-0.4, -0.2) is 5.11 Å². The molecule has 0 aliphatic heterocycles. The lowest BCUT2D eigenvalue weighted by molar-refractivity contribution is 0.482. The van der Waals surface area contributed by atoms with Crippen molar-refractivity contribution in [1.29, 1.82) is 0 Å². The van der Waals surface area contributed by atoms with Crippen molar-refractivity contribution in [3.63, 3.8) is 0 Å². The van der Waals surface area contributed by atoms with Crippen LogP contribution in [0.3, 0.4) is 0 Å². The summed E-state index contributed by atoms with van der Waals surface area (Å²) in [6.07, 6.45) is 3.18. The fourth-order valence-electron chi connectivity index (χ4n) is 1.64. The van der Waals surface area contributed by atoms with Gasteiger partial charge >= 0.3 is 0 Å². The lowest BCUT2D eigenvalue weighted by Gasteiger charge is -1.96. The minimum Gasteiger partial charge on any atom is -0.507 e. The van der Waals surface area contributed by atoms with E-state index < -0.39 is 0 Å². The van der Waals surface area contributed by atoms with Crippen molar-refractivity contribution >= 4 is 10.8 Å². The first-order valence-corrected chi connectivity index (χ1v) is 4.65. The van der Waals surface area contributed by atoms with Crippen LogP contribution in [0, 0.1) is 0 Å². The van der Waals surface area contributed by atoms with Crippen molar-refractivity contribution in [2.24, 2.45) is 0 Å². The van der Waals surface area contributed by atoms with E-state index in [0.717, 1.165) is 30.2 Å². The van der Waals surface area contributed by atoms with Gasteiger partial charge in [0, 0.05) is 5.39 Å². The molecule has 0 radical (unpaired) electrons. The molecule has 0 heterocycles. The summed E-state index contributed by atoms with van der Waals surface area (Å²) in [6.45, 7) is 2.13. The van der Waals surface area contributed by atoms with Gasteiger partial charge in [-0.2, -0.15) is 0 Å². The van der Waals surface area contributed by atoms with E-state index in [1.807, 2.05) is 6.07 Å². The number of rotatable bonds is 3. The zero-order valence-corrected chi connectivity index (χ0v) is 7.63. The first-order valence-electron chi connectivity index (χ1n) is 4.65. The van der Waals surface area contributed by atoms with Crippen LogP contribution in [-0.2, 0) is 6.42 Å². The van der Waals surface area contributed by atoms with Gasteiger partial charge < -0.3 is 5.11 Å². The lowest BCUT2D eigenvalue weighted by Crippen LogP contribution is -1.83. The molecule has 0 amide bonds. The molecular formula is C11H12O2. The summed E-state index contributed by atoms with van der Waals surface area (Å²) >= 11 is 0. The Morgan fingerprint density at radius 3 is 2.77 bits per heavy atom. The number of benzene rings is 1. The smallest absolute Gasteiger partial charge is 0.198 e. The highest BCUT2D eigenvalue weighted by Crippen LogP contribution is 2.29. The maximum Gasteiger partial charge on any atom is 0.198 e. The molecule has 0 saturated heterocycles. The van der Waals surface area contributed by atoms with Gasteiger partial charge in [-0.3, -0.25) is 4.79 Å². The van der Waals surface area contributed by atoms with E-state index in [1.165, 1.54) is 0 Å². The molecule has 2 rings (SSSR count). The van der Waals surface area contributed by atoms with Crippen LogP contribution in [0.2, 0.25) is 0 Å². The van der Waals surface area contributed by atoms with Crippen molar-refractivity contribution in [2.45, 2.75) is 26.2 Å². The number of aromatic hydroxyl groups is 1. The first kappa shape index (κ1) is 8.30. The molecule has 0 fully saturated rings. The van der Waals surface area contributed by atoms with E-state index in [2.05, 4.69) is 6.92 Å². The molecule has 2 nitrogen and oxygen atoms in total. The third-order valence-electron chi connectivity index (χ3n) is 2.46. The van der Waals surface area contributed by atoms with Gasteiger partial charge in [-0.1, -0.05) is 19.4 Å². The molecule has 68 valence electrons. The first-order chi connectivity index (χ1) is 6.25. The van der Waals surface area contributed by atoms with Crippen LogP contribution < -0.4 is 5.43 Å². The van der Waals surface area contributed by atoms with E-state index in [9.17, 15) is 9.90 Å². The second-order valence-electron chi connectivity index (χ2n) is 3.43. The monoisotopic (exact) mass is 176 g/mol. The van der Waals surface area contributed by atoms with E-state index in [1.54, 1.807) is 6.07 Å². The third-order valence-corrected chi connectivity index (χ3v) is 2.46. The number of phenols is 1. The van der Waals surface area contributed by atoms with Crippen LogP contribution in [0.1, 0.15) is 25.3 Å². The van der Waals surface area contributed by atoms with Gasteiger partial charge in [0.15, 0.2) is 5.43 Å². The molecule has 0 aliphatic rings. The molecule has 0 unspecified atom stereocenters. The van der Waals surface area contributed by atoms with Gasteiger partial charge in [0.25, 0.3) is 0 Å². The Bertz CT molecular complexity index is 447. The Labute approximate surface area is 76.5 Å². The zero-order valence-electron chi connectivity index (χ0n) is 7.63. The molecule has 0 aromatic heterocycles. The lowest BCUT2D eigenvalue weighted by atomic mass is 10.1. The maximum atomic E-state index is 11.2. The van der Waals surface area contributed by atoms with Crippen molar-refractivity contribution in [3.05, 3.63) is 27.9 Å². The Kier molecular flexibility index (Phi) is 1.83. The predicted molar refractivity (Wildman–Crippen MR) is 52.9 cm³/mol. The van der Waals surface area contributed by atoms with Gasteiger partial charge in [0.2, 0.25) is 0 Å². The highest BCUT2D eigenvalue weighted by molar-refractivity contribution is 6.04. The Morgan fingerprint density at radius 2 is 2.08 bits per heavy atom. The molecule has 2 aromatic rings. The second-order valence-corrected chi connectivity index (χ2v) is 3.43. The molecule has 13 heavy (non-hydrogen) atoms. The number of hydrogen-bond donors (Lipinski definition) is 1. The fraction of sp³-hybridized carbons (Fsp3) is 0.364. The Hall–Kier alpha value is -1.31. The average molecular weight is 176 g/mol. The van der Waals surface area contributed by atoms with Crippen LogP contribution >= 0.6 is 0 Å². The van der Waals surface area contributed by atoms with Crippen LogP contribution in [0.5, 0.6) is 5.75 Å². The largest absolute Gasteiger partial charge is 0.507 e. The van der Waals surface area contributed by atoms with E-state index >= 15 is 0 Å². The number of phenolic OH excluding ortho intramolecular Hbond substituents is 1. The van der Waals surface area contributed by atoms with Gasteiger partial charge in [0.05, 0.1) is 5.39 Å². The zero-order chi connectivity index (χ0) is 9.42. The SMILES string of the molecule is CCCCc1ccc(O)c2c(=O)c12. The molecule has 1 N–H and O–H groups in total. The summed E-state index contributed by atoms with van der Waals surface area (Å²) in [5, 5.41) is 10.6. The molecule has 0 saturated carbocycles. The molecule has 0 bridgehead atoms. The molecule has 0 spiro atoms. The predicted octanol–water partition coefficient (Wildman–Crippen LogP) is 2.12. The van der Waals surface area contributed by atoms with Gasteiger partial charge in [-0.25, -0.2) is 0 Å².